The summed E-state index contributed by atoms with van der Waals surface area (Å²) in [5.41, 5.74) is 0.855. The molecule has 3 nitrogen and oxygen atoms in total. The van der Waals surface area contributed by atoms with Gasteiger partial charge in [-0.3, -0.25) is 4.79 Å². The Morgan fingerprint density at radius 2 is 2.14 bits per heavy atom. The first-order valence-corrected chi connectivity index (χ1v) is 8.48. The van der Waals surface area contributed by atoms with E-state index in [2.05, 4.69) is 0 Å². The Morgan fingerprint density at radius 1 is 1.36 bits per heavy atom. The van der Waals surface area contributed by atoms with E-state index in [-0.39, 0.29) is 0 Å². The van der Waals surface area contributed by atoms with E-state index in [0.29, 0.717) is 18.1 Å². The third-order valence-corrected chi connectivity index (χ3v) is 4.53. The fourth-order valence-corrected chi connectivity index (χ4v) is 2.74. The van der Waals surface area contributed by atoms with Gasteiger partial charge < -0.3 is 9.30 Å². The highest BCUT2D eigenvalue weighted by atomic mass is 32.2. The van der Waals surface area contributed by atoms with Crippen LogP contribution in [0.4, 0.5) is 4.39 Å². The molecule has 0 unspecified atom stereocenters. The lowest BCUT2D eigenvalue weighted by atomic mass is 10.1. The van der Waals surface area contributed by atoms with Crippen LogP contribution in [0.15, 0.2) is 40.2 Å². The third kappa shape index (κ3) is 3.19. The van der Waals surface area contributed by atoms with Crippen molar-refractivity contribution in [3.05, 3.63) is 46.6 Å². The van der Waals surface area contributed by atoms with Crippen molar-refractivity contribution < 1.29 is 9.13 Å². The number of halogens is 1. The van der Waals surface area contributed by atoms with Gasteiger partial charge in [-0.15, -0.1) is 11.8 Å². The zero-order valence-electron chi connectivity index (χ0n) is 12.6. The minimum Gasteiger partial charge on any atom is -0.493 e. The molecule has 1 saturated carbocycles. The minimum absolute atomic E-state index is 0.620. The van der Waals surface area contributed by atoms with E-state index in [1.807, 2.05) is 24.5 Å². The molecule has 0 atom stereocenters. The Hall–Kier alpha value is -1.75. The van der Waals surface area contributed by atoms with Crippen molar-refractivity contribution in [2.45, 2.75) is 17.7 Å². The van der Waals surface area contributed by atoms with Crippen molar-refractivity contribution >= 4 is 11.8 Å². The van der Waals surface area contributed by atoms with E-state index in [4.69, 9.17) is 4.74 Å². The zero-order chi connectivity index (χ0) is 15.7. The summed E-state index contributed by atoms with van der Waals surface area (Å²) < 4.78 is 21.0. The molecule has 22 heavy (non-hydrogen) atoms. The van der Waals surface area contributed by atoms with Crippen molar-refractivity contribution in [2.24, 2.45) is 13.0 Å². The number of benzene rings is 1. The third-order valence-electron chi connectivity index (χ3n) is 3.81. The summed E-state index contributed by atoms with van der Waals surface area (Å²) in [5.74, 6) is 0.635. The summed E-state index contributed by atoms with van der Waals surface area (Å²) in [5, 5.41) is 0. The summed E-state index contributed by atoms with van der Waals surface area (Å²) >= 11 is 1.62. The van der Waals surface area contributed by atoms with E-state index in [0.717, 1.165) is 16.2 Å². The molecule has 1 aliphatic carbocycles. The molecular formula is C17H18FNO2S. The summed E-state index contributed by atoms with van der Waals surface area (Å²) in [4.78, 5) is 12.6. The second kappa shape index (κ2) is 6.16. The van der Waals surface area contributed by atoms with Crippen LogP contribution in [0, 0.1) is 11.7 Å². The Morgan fingerprint density at radius 3 is 2.77 bits per heavy atom. The second-order valence-electron chi connectivity index (χ2n) is 5.61. The molecule has 0 aliphatic heterocycles. The van der Waals surface area contributed by atoms with Gasteiger partial charge >= 0.3 is 0 Å². The normalized spacial score (nSPS) is 14.1. The Balaban J connectivity index is 2.03. The van der Waals surface area contributed by atoms with Crippen LogP contribution in [0.5, 0.6) is 5.75 Å². The molecular weight excluding hydrogens is 301 g/mol. The first-order valence-electron chi connectivity index (χ1n) is 7.26. The molecule has 0 spiro atoms. The lowest BCUT2D eigenvalue weighted by molar-refractivity contribution is 0.301. The maximum absolute atomic E-state index is 13.8. The van der Waals surface area contributed by atoms with Crippen LogP contribution in [-0.4, -0.2) is 17.4 Å². The van der Waals surface area contributed by atoms with E-state index in [1.165, 1.54) is 23.5 Å². The molecule has 1 aliphatic rings. The highest BCUT2D eigenvalue weighted by Gasteiger charge is 2.22. The average Bonchev–Trinajstić information content (AvgIpc) is 3.34. The number of ether oxygens (including phenoxy) is 1. The fourth-order valence-electron chi connectivity index (χ4n) is 2.30. The van der Waals surface area contributed by atoms with Gasteiger partial charge in [0.1, 0.15) is 5.75 Å². The van der Waals surface area contributed by atoms with Gasteiger partial charge in [0.15, 0.2) is 5.82 Å². The zero-order valence-corrected chi connectivity index (χ0v) is 13.5. The second-order valence-corrected chi connectivity index (χ2v) is 6.49. The van der Waals surface area contributed by atoms with Crippen molar-refractivity contribution in [3.8, 4) is 16.9 Å². The predicted octanol–water partition coefficient (Wildman–Crippen LogP) is 3.70. The SMILES string of the molecule is CSc1ccc(OCC2CC2)c(-c2cc(F)c(=O)n(C)c2)c1. The maximum atomic E-state index is 13.8. The van der Waals surface area contributed by atoms with Gasteiger partial charge in [-0.2, -0.15) is 0 Å². The van der Waals surface area contributed by atoms with Crippen LogP contribution in [0.3, 0.4) is 0 Å². The molecule has 5 heteroatoms. The first-order chi connectivity index (χ1) is 10.6. The molecule has 1 fully saturated rings. The number of hydrogen-bond donors (Lipinski definition) is 0. The van der Waals surface area contributed by atoms with Crippen molar-refractivity contribution in [1.29, 1.82) is 0 Å². The van der Waals surface area contributed by atoms with Gasteiger partial charge in [0.05, 0.1) is 6.61 Å². The van der Waals surface area contributed by atoms with Gasteiger partial charge in [-0.25, -0.2) is 4.39 Å². The number of hydrogen-bond acceptors (Lipinski definition) is 3. The largest absolute Gasteiger partial charge is 0.493 e. The van der Waals surface area contributed by atoms with E-state index >= 15 is 0 Å². The Kier molecular flexibility index (Phi) is 4.25. The monoisotopic (exact) mass is 319 g/mol. The summed E-state index contributed by atoms with van der Waals surface area (Å²) in [6, 6.07) is 7.18. The summed E-state index contributed by atoms with van der Waals surface area (Å²) in [7, 11) is 1.55. The molecule has 116 valence electrons. The molecule has 0 N–H and O–H groups in total. The Labute approximate surface area is 133 Å². The van der Waals surface area contributed by atoms with Gasteiger partial charge in [0, 0.05) is 29.3 Å². The topological polar surface area (TPSA) is 31.2 Å². The van der Waals surface area contributed by atoms with E-state index in [9.17, 15) is 9.18 Å². The van der Waals surface area contributed by atoms with Gasteiger partial charge in [0.2, 0.25) is 0 Å². The van der Waals surface area contributed by atoms with Crippen LogP contribution in [0.25, 0.3) is 11.1 Å². The number of aryl methyl sites for hydroxylation is 1. The van der Waals surface area contributed by atoms with Gasteiger partial charge in [-0.1, -0.05) is 0 Å². The van der Waals surface area contributed by atoms with Crippen LogP contribution in [-0.2, 0) is 7.05 Å². The fraction of sp³-hybridized carbons (Fsp3) is 0.353. The molecule has 0 radical (unpaired) electrons. The standard InChI is InChI=1S/C17H18FNO2S/c1-19-9-12(7-15(18)17(19)20)14-8-13(22-2)5-6-16(14)21-10-11-3-4-11/h5-9,11H,3-4,10H2,1-2H3. The molecule has 1 aromatic carbocycles. The number of thioether (sulfide) groups is 1. The molecule has 1 heterocycles. The van der Waals surface area contributed by atoms with Crippen molar-refractivity contribution in [1.82, 2.24) is 4.57 Å². The molecule has 2 aromatic rings. The van der Waals surface area contributed by atoms with Crippen LogP contribution < -0.4 is 10.3 Å². The predicted molar refractivity (Wildman–Crippen MR) is 87.1 cm³/mol. The number of aromatic nitrogens is 1. The van der Waals surface area contributed by atoms with Crippen LogP contribution >= 0.6 is 11.8 Å². The van der Waals surface area contributed by atoms with Crippen LogP contribution in [0.2, 0.25) is 0 Å². The summed E-state index contributed by atoms with van der Waals surface area (Å²) in [6.07, 6.45) is 6.07. The van der Waals surface area contributed by atoms with Gasteiger partial charge in [0.25, 0.3) is 5.56 Å². The first kappa shape index (κ1) is 15.2. The summed E-state index contributed by atoms with van der Waals surface area (Å²) in [6.45, 7) is 0.694. The van der Waals surface area contributed by atoms with E-state index < -0.39 is 11.4 Å². The Bertz CT molecular complexity index is 727. The highest BCUT2D eigenvalue weighted by Crippen LogP contribution is 2.36. The average molecular weight is 319 g/mol. The van der Waals surface area contributed by atoms with Gasteiger partial charge in [-0.05, 0) is 49.3 Å². The number of nitrogens with zero attached hydrogens (tertiary/aromatic N) is 1. The minimum atomic E-state index is -0.748. The van der Waals surface area contributed by atoms with Crippen molar-refractivity contribution in [2.75, 3.05) is 12.9 Å². The highest BCUT2D eigenvalue weighted by molar-refractivity contribution is 7.98. The maximum Gasteiger partial charge on any atom is 0.286 e. The molecule has 0 amide bonds. The molecule has 0 saturated heterocycles. The number of rotatable bonds is 5. The van der Waals surface area contributed by atoms with Crippen LogP contribution in [0.1, 0.15) is 12.8 Å². The quantitative estimate of drug-likeness (QED) is 0.787. The lowest BCUT2D eigenvalue weighted by Crippen LogP contribution is -2.19. The molecule has 0 bridgehead atoms. The molecule has 3 rings (SSSR count). The number of pyridine rings is 1. The molecule has 1 aromatic heterocycles. The smallest absolute Gasteiger partial charge is 0.286 e. The van der Waals surface area contributed by atoms with Crippen molar-refractivity contribution in [3.63, 3.8) is 0 Å². The van der Waals surface area contributed by atoms with E-state index in [1.54, 1.807) is 25.0 Å². The lowest BCUT2D eigenvalue weighted by Gasteiger charge is -2.13.